The Morgan fingerprint density at radius 1 is 0.415 bits per heavy atom. The lowest BCUT2D eigenvalue weighted by Crippen LogP contribution is -2.15. The Hall–Kier alpha value is -6.64. The summed E-state index contributed by atoms with van der Waals surface area (Å²) >= 11 is 0. The molecule has 1 heterocycles. The zero-order valence-electron chi connectivity index (χ0n) is 29.9. The topological polar surface area (TPSA) is 8.17 Å². The van der Waals surface area contributed by atoms with Gasteiger partial charge in [0.05, 0.1) is 16.7 Å². The van der Waals surface area contributed by atoms with Crippen LogP contribution in [-0.4, -0.2) is 4.57 Å². The van der Waals surface area contributed by atoms with Crippen molar-refractivity contribution >= 4 is 38.9 Å². The molecule has 0 saturated heterocycles. The number of benzene rings is 8. The third-order valence-electron chi connectivity index (χ3n) is 11.2. The summed E-state index contributed by atoms with van der Waals surface area (Å²) in [5.74, 6) is 0. The van der Waals surface area contributed by atoms with E-state index >= 15 is 0 Å². The maximum Gasteiger partial charge on any atom is 0.0788 e. The second kappa shape index (κ2) is 12.3. The predicted molar refractivity (Wildman–Crippen MR) is 224 cm³/mol. The highest BCUT2D eigenvalue weighted by Gasteiger charge is 2.36. The average molecular weight is 679 g/mol. The van der Waals surface area contributed by atoms with Crippen molar-refractivity contribution in [3.63, 3.8) is 0 Å². The van der Waals surface area contributed by atoms with E-state index in [1.54, 1.807) is 0 Å². The van der Waals surface area contributed by atoms with Crippen molar-refractivity contribution in [1.29, 1.82) is 0 Å². The molecule has 0 N–H and O–H groups in total. The van der Waals surface area contributed by atoms with Crippen molar-refractivity contribution in [3.05, 3.63) is 205 Å². The van der Waals surface area contributed by atoms with E-state index in [1.165, 1.54) is 66.3 Å². The molecule has 0 aliphatic heterocycles. The van der Waals surface area contributed by atoms with Crippen LogP contribution in [0.15, 0.2) is 194 Å². The highest BCUT2D eigenvalue weighted by molar-refractivity contribution is 6.17. The van der Waals surface area contributed by atoms with Crippen molar-refractivity contribution in [2.45, 2.75) is 19.3 Å². The van der Waals surface area contributed by atoms with Gasteiger partial charge in [0, 0.05) is 38.8 Å². The average Bonchev–Trinajstić information content (AvgIpc) is 3.68. The standard InChI is InChI=1S/C51H38N2/c1-51(2)46-24-14-12-22-42(46)43-31-28-37(34-47(43)51)41-32-33-45-44-23-13-15-25-48(44)53(39-20-10-5-11-21-39)50(45)49(41)52(38-18-8-4-9-19-38)40-29-26-36(27-30-40)35-16-6-3-7-17-35/h3-34H,1-2H3. The predicted octanol–water partition coefficient (Wildman–Crippen LogP) is 13.9. The van der Waals surface area contributed by atoms with Gasteiger partial charge in [-0.2, -0.15) is 0 Å². The third-order valence-corrected chi connectivity index (χ3v) is 11.2. The van der Waals surface area contributed by atoms with Gasteiger partial charge in [0.1, 0.15) is 0 Å². The van der Waals surface area contributed by atoms with Gasteiger partial charge >= 0.3 is 0 Å². The van der Waals surface area contributed by atoms with Crippen LogP contribution in [0, 0.1) is 0 Å². The molecule has 0 radical (unpaired) electrons. The molecule has 0 saturated carbocycles. The van der Waals surface area contributed by atoms with Crippen LogP contribution in [0.3, 0.4) is 0 Å². The van der Waals surface area contributed by atoms with E-state index in [2.05, 4.69) is 217 Å². The van der Waals surface area contributed by atoms with Crippen LogP contribution in [0.2, 0.25) is 0 Å². The molecule has 1 aromatic heterocycles. The van der Waals surface area contributed by atoms with Crippen LogP contribution >= 0.6 is 0 Å². The Morgan fingerprint density at radius 2 is 0.981 bits per heavy atom. The van der Waals surface area contributed by atoms with E-state index in [9.17, 15) is 0 Å². The van der Waals surface area contributed by atoms with Gasteiger partial charge in [0.15, 0.2) is 0 Å². The summed E-state index contributed by atoms with van der Waals surface area (Å²) in [6.07, 6.45) is 0. The number of hydrogen-bond acceptors (Lipinski definition) is 1. The summed E-state index contributed by atoms with van der Waals surface area (Å²) in [7, 11) is 0. The van der Waals surface area contributed by atoms with Crippen molar-refractivity contribution in [2.24, 2.45) is 0 Å². The molecule has 0 atom stereocenters. The molecule has 10 rings (SSSR count). The fourth-order valence-electron chi connectivity index (χ4n) is 8.63. The lowest BCUT2D eigenvalue weighted by molar-refractivity contribution is 0.660. The third kappa shape index (κ3) is 4.94. The molecule has 9 aromatic rings. The van der Waals surface area contributed by atoms with Crippen LogP contribution in [0.4, 0.5) is 17.1 Å². The summed E-state index contributed by atoms with van der Waals surface area (Å²) in [4.78, 5) is 2.47. The molecule has 8 aromatic carbocycles. The SMILES string of the molecule is CC1(C)c2ccccc2-c2ccc(-c3ccc4c5ccccc5n(-c5ccccc5)c4c3N(c3ccccc3)c3ccc(-c4ccccc4)cc3)cc21. The molecule has 0 unspecified atom stereocenters. The van der Waals surface area contributed by atoms with Crippen LogP contribution in [0.1, 0.15) is 25.0 Å². The summed E-state index contributed by atoms with van der Waals surface area (Å²) < 4.78 is 2.46. The van der Waals surface area contributed by atoms with Gasteiger partial charge in [-0.25, -0.2) is 0 Å². The van der Waals surface area contributed by atoms with Gasteiger partial charge in [0.2, 0.25) is 0 Å². The van der Waals surface area contributed by atoms with Gasteiger partial charge in [-0.15, -0.1) is 0 Å². The first-order valence-electron chi connectivity index (χ1n) is 18.4. The van der Waals surface area contributed by atoms with Crippen LogP contribution in [0.25, 0.3) is 60.9 Å². The molecule has 0 fully saturated rings. The molecule has 2 heteroatoms. The lowest BCUT2D eigenvalue weighted by Gasteiger charge is -2.30. The van der Waals surface area contributed by atoms with Crippen molar-refractivity contribution < 1.29 is 0 Å². The Labute approximate surface area is 310 Å². The zero-order chi connectivity index (χ0) is 35.5. The molecule has 1 aliphatic rings. The second-order valence-corrected chi connectivity index (χ2v) is 14.6. The van der Waals surface area contributed by atoms with Crippen molar-refractivity contribution in [1.82, 2.24) is 4.57 Å². The maximum absolute atomic E-state index is 2.47. The van der Waals surface area contributed by atoms with E-state index in [0.29, 0.717) is 0 Å². The summed E-state index contributed by atoms with van der Waals surface area (Å²) in [6.45, 7) is 4.73. The number of aromatic nitrogens is 1. The molecule has 2 nitrogen and oxygen atoms in total. The Balaban J connectivity index is 1.31. The van der Waals surface area contributed by atoms with Crippen LogP contribution < -0.4 is 4.90 Å². The second-order valence-electron chi connectivity index (χ2n) is 14.6. The number of nitrogens with zero attached hydrogens (tertiary/aromatic N) is 2. The molecular formula is C51H38N2. The minimum absolute atomic E-state index is 0.114. The number of para-hydroxylation sites is 3. The number of anilines is 3. The largest absolute Gasteiger partial charge is 0.308 e. The summed E-state index contributed by atoms with van der Waals surface area (Å²) in [5.41, 5.74) is 16.9. The number of rotatable bonds is 6. The minimum atomic E-state index is -0.114. The smallest absolute Gasteiger partial charge is 0.0788 e. The van der Waals surface area contributed by atoms with E-state index in [0.717, 1.165) is 22.7 Å². The van der Waals surface area contributed by atoms with Gasteiger partial charge in [0.25, 0.3) is 0 Å². The molecule has 0 bridgehead atoms. The molecule has 252 valence electrons. The zero-order valence-corrected chi connectivity index (χ0v) is 29.9. The van der Waals surface area contributed by atoms with Crippen molar-refractivity contribution in [3.8, 4) is 39.1 Å². The van der Waals surface area contributed by atoms with Crippen LogP contribution in [0.5, 0.6) is 0 Å². The Kier molecular flexibility index (Phi) is 7.19. The number of hydrogen-bond donors (Lipinski definition) is 0. The first kappa shape index (κ1) is 31.1. The first-order chi connectivity index (χ1) is 26.1. The molecule has 53 heavy (non-hydrogen) atoms. The summed E-state index contributed by atoms with van der Waals surface area (Å²) in [5, 5.41) is 2.45. The highest BCUT2D eigenvalue weighted by Crippen LogP contribution is 2.52. The van der Waals surface area contributed by atoms with Gasteiger partial charge < -0.3 is 9.47 Å². The molecule has 1 aliphatic carbocycles. The summed E-state index contributed by atoms with van der Waals surface area (Å²) in [6, 6.07) is 70.9. The lowest BCUT2D eigenvalue weighted by atomic mass is 9.81. The normalized spacial score (nSPS) is 12.9. The molecular weight excluding hydrogens is 641 g/mol. The Morgan fingerprint density at radius 3 is 1.75 bits per heavy atom. The fraction of sp³-hybridized carbons (Fsp3) is 0.0588. The van der Waals surface area contributed by atoms with E-state index in [4.69, 9.17) is 0 Å². The van der Waals surface area contributed by atoms with Crippen LogP contribution in [-0.2, 0) is 5.41 Å². The van der Waals surface area contributed by atoms with E-state index in [-0.39, 0.29) is 5.41 Å². The highest BCUT2D eigenvalue weighted by atomic mass is 15.2. The van der Waals surface area contributed by atoms with E-state index in [1.807, 2.05) is 0 Å². The Bertz CT molecular complexity index is 2780. The van der Waals surface area contributed by atoms with Gasteiger partial charge in [-0.1, -0.05) is 159 Å². The van der Waals surface area contributed by atoms with Crippen molar-refractivity contribution in [2.75, 3.05) is 4.90 Å². The quantitative estimate of drug-likeness (QED) is 0.170. The molecule has 0 spiro atoms. The fourth-order valence-corrected chi connectivity index (χ4v) is 8.63. The first-order valence-corrected chi connectivity index (χ1v) is 18.4. The molecule has 0 amide bonds. The van der Waals surface area contributed by atoms with E-state index < -0.39 is 0 Å². The minimum Gasteiger partial charge on any atom is -0.308 e. The van der Waals surface area contributed by atoms with Gasteiger partial charge in [-0.05, 0) is 87.5 Å². The van der Waals surface area contributed by atoms with Gasteiger partial charge in [-0.3, -0.25) is 0 Å². The number of fused-ring (bicyclic) bond motifs is 6. The maximum atomic E-state index is 2.47. The monoisotopic (exact) mass is 678 g/mol.